The van der Waals surface area contributed by atoms with Gasteiger partial charge in [0.05, 0.1) is 42.2 Å². The van der Waals surface area contributed by atoms with Crippen LogP contribution >= 0.6 is 0 Å². The Morgan fingerprint density at radius 3 is 2.83 bits per heavy atom. The maximum atomic E-state index is 9.54. The van der Waals surface area contributed by atoms with Crippen LogP contribution in [-0.4, -0.2) is 59.0 Å². The van der Waals surface area contributed by atoms with Crippen molar-refractivity contribution in [3.8, 4) is 17.7 Å². The van der Waals surface area contributed by atoms with E-state index in [0.717, 1.165) is 33.7 Å². The number of imidazole rings is 1. The van der Waals surface area contributed by atoms with Gasteiger partial charge in [-0.15, -0.1) is 0 Å². The number of benzene rings is 1. The summed E-state index contributed by atoms with van der Waals surface area (Å²) in [7, 11) is 0. The third-order valence-electron chi connectivity index (χ3n) is 6.20. The number of aryl methyl sites for hydroxylation is 1. The fourth-order valence-corrected chi connectivity index (χ4v) is 4.26. The van der Waals surface area contributed by atoms with Crippen LogP contribution < -0.4 is 5.32 Å². The molecule has 1 aliphatic heterocycles. The first-order chi connectivity index (χ1) is 17.6. The maximum Gasteiger partial charge on any atom is 0.163 e. The van der Waals surface area contributed by atoms with Crippen LogP contribution in [0.25, 0.3) is 22.7 Å². The topological polar surface area (TPSA) is 132 Å². The van der Waals surface area contributed by atoms with Crippen molar-refractivity contribution >= 4 is 22.4 Å². The predicted molar refractivity (Wildman–Crippen MR) is 132 cm³/mol. The van der Waals surface area contributed by atoms with Crippen molar-refractivity contribution in [3.63, 3.8) is 0 Å². The molecule has 0 bridgehead atoms. The molecule has 11 heteroatoms. The molecular weight excluding hydrogens is 458 g/mol. The summed E-state index contributed by atoms with van der Waals surface area (Å²) in [5, 5.41) is 31.0. The standard InChI is InChI=1S/C25H23N9O2/c1-16-8-19(10-26)31-34(16)25-17(6-7-35)2-5-24(30-25)32-15-27-22-9-18(3-4-23(22)32)29-20-11-28-33(12-20)21-13-36-14-21/h2-5,8-9,11-12,15,21,29,35H,6-7,13-14H2,1H3. The molecule has 0 radical (unpaired) electrons. The van der Waals surface area contributed by atoms with Crippen LogP contribution in [0.5, 0.6) is 0 Å². The predicted octanol–water partition coefficient (Wildman–Crippen LogP) is 2.83. The van der Waals surface area contributed by atoms with E-state index in [-0.39, 0.29) is 6.61 Å². The summed E-state index contributed by atoms with van der Waals surface area (Å²) in [6.45, 7) is 3.24. The monoisotopic (exact) mass is 481 g/mol. The van der Waals surface area contributed by atoms with E-state index in [4.69, 9.17) is 9.72 Å². The molecule has 4 aromatic heterocycles. The number of nitrogens with one attached hydrogen (secondary N) is 1. The highest BCUT2D eigenvalue weighted by atomic mass is 16.5. The Hall–Kier alpha value is -4.53. The van der Waals surface area contributed by atoms with Crippen molar-refractivity contribution in [2.24, 2.45) is 0 Å². The van der Waals surface area contributed by atoms with Gasteiger partial charge >= 0.3 is 0 Å². The molecule has 180 valence electrons. The molecule has 0 saturated carbocycles. The third-order valence-corrected chi connectivity index (χ3v) is 6.20. The second-order valence-corrected chi connectivity index (χ2v) is 8.66. The quantitative estimate of drug-likeness (QED) is 0.363. The molecule has 0 amide bonds. The number of aliphatic hydroxyl groups excluding tert-OH is 1. The van der Waals surface area contributed by atoms with Gasteiger partial charge in [-0.2, -0.15) is 15.5 Å². The molecule has 0 spiro atoms. The molecule has 6 rings (SSSR count). The minimum absolute atomic E-state index is 0.0173. The van der Waals surface area contributed by atoms with Crippen molar-refractivity contribution < 1.29 is 9.84 Å². The first-order valence-corrected chi connectivity index (χ1v) is 11.6. The van der Waals surface area contributed by atoms with Gasteiger partial charge in [0, 0.05) is 24.2 Å². The number of anilines is 2. The Bertz CT molecular complexity index is 1600. The maximum absolute atomic E-state index is 9.54. The van der Waals surface area contributed by atoms with E-state index in [0.29, 0.717) is 43.0 Å². The number of fused-ring (bicyclic) bond motifs is 1. The molecule has 1 fully saturated rings. The summed E-state index contributed by atoms with van der Waals surface area (Å²) < 4.78 is 10.7. The van der Waals surface area contributed by atoms with Gasteiger partial charge < -0.3 is 15.2 Å². The van der Waals surface area contributed by atoms with E-state index >= 15 is 0 Å². The smallest absolute Gasteiger partial charge is 0.163 e. The van der Waals surface area contributed by atoms with Crippen LogP contribution in [0.15, 0.2) is 55.1 Å². The van der Waals surface area contributed by atoms with Crippen LogP contribution in [-0.2, 0) is 11.2 Å². The number of aromatic nitrogens is 7. The van der Waals surface area contributed by atoms with Crippen molar-refractivity contribution in [3.05, 3.63) is 72.1 Å². The number of nitrogens with zero attached hydrogens (tertiary/aromatic N) is 8. The van der Waals surface area contributed by atoms with Crippen LogP contribution in [0, 0.1) is 18.3 Å². The van der Waals surface area contributed by atoms with Crippen LogP contribution in [0.2, 0.25) is 0 Å². The van der Waals surface area contributed by atoms with Crippen LogP contribution in [0.1, 0.15) is 23.0 Å². The highest BCUT2D eigenvalue weighted by Crippen LogP contribution is 2.26. The summed E-state index contributed by atoms with van der Waals surface area (Å²) in [5.41, 5.74) is 5.44. The van der Waals surface area contributed by atoms with Gasteiger partial charge in [0.2, 0.25) is 0 Å². The summed E-state index contributed by atoms with van der Waals surface area (Å²) in [6.07, 6.45) is 5.94. The van der Waals surface area contributed by atoms with Gasteiger partial charge in [-0.3, -0.25) is 9.25 Å². The molecular formula is C25H23N9O2. The molecule has 0 atom stereocenters. The number of aliphatic hydroxyl groups is 1. The Balaban J connectivity index is 1.33. The summed E-state index contributed by atoms with van der Waals surface area (Å²) in [5.74, 6) is 1.24. The van der Waals surface area contributed by atoms with Gasteiger partial charge in [-0.05, 0) is 49.2 Å². The van der Waals surface area contributed by atoms with Crippen LogP contribution in [0.4, 0.5) is 11.4 Å². The molecule has 1 aromatic carbocycles. The molecule has 2 N–H and O–H groups in total. The minimum atomic E-state index is -0.0173. The molecule has 1 aliphatic rings. The lowest BCUT2D eigenvalue weighted by Crippen LogP contribution is -2.30. The lowest BCUT2D eigenvalue weighted by Gasteiger charge is -2.25. The van der Waals surface area contributed by atoms with E-state index in [9.17, 15) is 10.4 Å². The minimum Gasteiger partial charge on any atom is -0.396 e. The molecule has 1 saturated heterocycles. The van der Waals surface area contributed by atoms with E-state index in [1.54, 1.807) is 23.3 Å². The zero-order chi connectivity index (χ0) is 24.6. The van der Waals surface area contributed by atoms with Gasteiger partial charge in [-0.25, -0.2) is 14.6 Å². The fourth-order valence-electron chi connectivity index (χ4n) is 4.26. The van der Waals surface area contributed by atoms with Gasteiger partial charge in [0.1, 0.15) is 18.2 Å². The SMILES string of the molecule is Cc1cc(C#N)nn1-c1nc(-n2cnc3cc(Nc4cnn(C5COC5)c4)ccc32)ccc1CCO. The van der Waals surface area contributed by atoms with E-state index in [2.05, 4.69) is 26.6 Å². The van der Waals surface area contributed by atoms with Gasteiger partial charge in [0.25, 0.3) is 0 Å². The Morgan fingerprint density at radius 1 is 1.19 bits per heavy atom. The zero-order valence-corrected chi connectivity index (χ0v) is 19.5. The first-order valence-electron chi connectivity index (χ1n) is 11.6. The van der Waals surface area contributed by atoms with Crippen molar-refractivity contribution in [1.82, 2.24) is 34.1 Å². The highest BCUT2D eigenvalue weighted by molar-refractivity contribution is 5.82. The number of pyridine rings is 1. The number of rotatable bonds is 7. The van der Waals surface area contributed by atoms with Crippen molar-refractivity contribution in [1.29, 1.82) is 5.26 Å². The highest BCUT2D eigenvalue weighted by Gasteiger charge is 2.21. The van der Waals surface area contributed by atoms with Gasteiger partial charge in [0.15, 0.2) is 11.5 Å². The number of hydrogen-bond acceptors (Lipinski definition) is 8. The molecule has 5 heterocycles. The fraction of sp³-hybridized carbons (Fsp3) is 0.240. The molecule has 0 unspecified atom stereocenters. The Morgan fingerprint density at radius 2 is 2.08 bits per heavy atom. The lowest BCUT2D eigenvalue weighted by molar-refractivity contribution is -0.0286. The largest absolute Gasteiger partial charge is 0.396 e. The summed E-state index contributed by atoms with van der Waals surface area (Å²) in [4.78, 5) is 9.44. The molecule has 36 heavy (non-hydrogen) atoms. The summed E-state index contributed by atoms with van der Waals surface area (Å²) >= 11 is 0. The number of ether oxygens (including phenoxy) is 1. The van der Waals surface area contributed by atoms with Crippen molar-refractivity contribution in [2.75, 3.05) is 25.1 Å². The second kappa shape index (κ2) is 8.92. The average Bonchev–Trinajstić information content (AvgIpc) is 3.57. The second-order valence-electron chi connectivity index (χ2n) is 8.66. The molecule has 0 aliphatic carbocycles. The van der Waals surface area contributed by atoms with Crippen molar-refractivity contribution in [2.45, 2.75) is 19.4 Å². The van der Waals surface area contributed by atoms with Crippen LogP contribution in [0.3, 0.4) is 0 Å². The average molecular weight is 482 g/mol. The summed E-state index contributed by atoms with van der Waals surface area (Å²) in [6, 6.07) is 13.9. The number of hydrogen-bond donors (Lipinski definition) is 2. The van der Waals surface area contributed by atoms with E-state index in [1.165, 1.54) is 0 Å². The zero-order valence-electron chi connectivity index (χ0n) is 19.5. The number of nitriles is 1. The van der Waals surface area contributed by atoms with E-state index in [1.807, 2.05) is 52.7 Å². The lowest BCUT2D eigenvalue weighted by atomic mass is 10.2. The Labute approximate surface area is 206 Å². The molecule has 11 nitrogen and oxygen atoms in total. The molecule has 5 aromatic rings. The Kier molecular flexibility index (Phi) is 5.44. The first kappa shape index (κ1) is 22.0. The third kappa shape index (κ3) is 3.88. The normalized spacial score (nSPS) is 13.6. The van der Waals surface area contributed by atoms with E-state index < -0.39 is 0 Å². The van der Waals surface area contributed by atoms with Gasteiger partial charge in [-0.1, -0.05) is 6.07 Å².